The van der Waals surface area contributed by atoms with E-state index < -0.39 is 12.1 Å². The van der Waals surface area contributed by atoms with Gasteiger partial charge < -0.3 is 4.90 Å². The van der Waals surface area contributed by atoms with Crippen LogP contribution in [-0.2, 0) is 23.6 Å². The summed E-state index contributed by atoms with van der Waals surface area (Å²) in [6, 6.07) is 49.8. The molecule has 1 aromatic heterocycles. The van der Waals surface area contributed by atoms with Crippen LogP contribution < -0.4 is 36.7 Å². The second-order valence-corrected chi connectivity index (χ2v) is 21.6. The summed E-state index contributed by atoms with van der Waals surface area (Å²) in [6.45, 7) is 4.35. The standard InChI is InChI=1S/C43H32N2P2S2/c1-29-19-21-37-39(24-29)46(48,34-14-5-3-6-15-34)41-27-33(31-12-11-13-32(26-31)36-18-9-10-23-44-36)28-42-43(41)45(37)38-22-20-30(2)25-40(38)47(42,49)35-16-7-4-8-17-35/h3-28H,1-2H3. The van der Waals surface area contributed by atoms with Crippen LogP contribution in [0.25, 0.3) is 22.4 Å². The minimum absolute atomic E-state index is 0.951. The molecule has 49 heavy (non-hydrogen) atoms. The van der Waals surface area contributed by atoms with E-state index in [9.17, 15) is 0 Å². The number of nitrogens with zero attached hydrogens (tertiary/aromatic N) is 2. The van der Waals surface area contributed by atoms with Gasteiger partial charge in [-0.2, -0.15) is 0 Å². The normalized spacial score (nSPS) is 18.7. The van der Waals surface area contributed by atoms with Gasteiger partial charge in [0.1, 0.15) is 0 Å². The Morgan fingerprint density at radius 2 is 1.00 bits per heavy atom. The van der Waals surface area contributed by atoms with Crippen LogP contribution in [0.1, 0.15) is 11.1 Å². The molecular formula is C43H32N2P2S2. The summed E-state index contributed by atoms with van der Waals surface area (Å²) in [4.78, 5) is 7.16. The van der Waals surface area contributed by atoms with Gasteiger partial charge in [-0.15, -0.1) is 0 Å². The summed E-state index contributed by atoms with van der Waals surface area (Å²) in [5.74, 6) is 0. The van der Waals surface area contributed by atoms with Crippen LogP contribution in [0, 0.1) is 13.8 Å². The molecule has 9 rings (SSSR count). The second-order valence-electron chi connectivity index (χ2n) is 12.9. The zero-order chi connectivity index (χ0) is 33.3. The molecule has 0 saturated carbocycles. The van der Waals surface area contributed by atoms with Crippen molar-refractivity contribution in [3.05, 3.63) is 169 Å². The Balaban J connectivity index is 1.45. The van der Waals surface area contributed by atoms with E-state index in [1.165, 1.54) is 48.6 Å². The highest BCUT2D eigenvalue weighted by Gasteiger charge is 2.46. The molecule has 0 fully saturated rings. The highest BCUT2D eigenvalue weighted by molar-refractivity contribution is 8.27. The number of anilines is 3. The molecule has 0 N–H and O–H groups in total. The van der Waals surface area contributed by atoms with Gasteiger partial charge in [0, 0.05) is 45.1 Å². The maximum absolute atomic E-state index is 7.15. The van der Waals surface area contributed by atoms with E-state index in [0.29, 0.717) is 0 Å². The van der Waals surface area contributed by atoms with Gasteiger partial charge >= 0.3 is 0 Å². The van der Waals surface area contributed by atoms with Crippen molar-refractivity contribution in [2.45, 2.75) is 13.8 Å². The first kappa shape index (κ1) is 30.6. The van der Waals surface area contributed by atoms with Crippen molar-refractivity contribution in [2.75, 3.05) is 4.90 Å². The van der Waals surface area contributed by atoms with E-state index in [0.717, 1.165) is 33.8 Å². The lowest BCUT2D eigenvalue weighted by Gasteiger charge is -2.47. The molecule has 2 aliphatic heterocycles. The zero-order valence-corrected chi connectivity index (χ0v) is 30.5. The fourth-order valence-corrected chi connectivity index (χ4v) is 16.3. The van der Waals surface area contributed by atoms with Crippen LogP contribution in [0.2, 0.25) is 0 Å². The van der Waals surface area contributed by atoms with Crippen LogP contribution in [0.15, 0.2) is 158 Å². The number of fused-ring (bicyclic) bond motifs is 4. The summed E-state index contributed by atoms with van der Waals surface area (Å²) >= 11 is 14.3. The molecule has 2 atom stereocenters. The average molecular weight is 703 g/mol. The van der Waals surface area contributed by atoms with Crippen molar-refractivity contribution in [1.82, 2.24) is 4.98 Å². The van der Waals surface area contributed by atoms with Crippen molar-refractivity contribution in [1.29, 1.82) is 0 Å². The third-order valence-corrected chi connectivity index (χ3v) is 19.6. The Hall–Kier alpha value is -4.43. The molecule has 0 radical (unpaired) electrons. The first-order valence-electron chi connectivity index (χ1n) is 16.4. The minimum Gasteiger partial charge on any atom is -0.308 e. The van der Waals surface area contributed by atoms with E-state index in [-0.39, 0.29) is 0 Å². The Morgan fingerprint density at radius 3 is 1.53 bits per heavy atom. The first-order valence-corrected chi connectivity index (χ1v) is 22.0. The zero-order valence-electron chi connectivity index (χ0n) is 27.1. The number of hydrogen-bond acceptors (Lipinski definition) is 4. The summed E-state index contributed by atoms with van der Waals surface area (Å²) in [5.41, 5.74) is 10.2. The fourth-order valence-electron chi connectivity index (χ4n) is 7.48. The average Bonchev–Trinajstić information content (AvgIpc) is 3.15. The van der Waals surface area contributed by atoms with Crippen molar-refractivity contribution >= 4 is 84.6 Å². The Bertz CT molecular complexity index is 2400. The molecule has 236 valence electrons. The minimum atomic E-state index is -2.55. The molecule has 6 aromatic carbocycles. The number of rotatable bonds is 4. The third-order valence-electron chi connectivity index (χ3n) is 9.79. The van der Waals surface area contributed by atoms with Crippen molar-refractivity contribution in [2.24, 2.45) is 0 Å². The lowest BCUT2D eigenvalue weighted by atomic mass is 10.0. The van der Waals surface area contributed by atoms with Crippen molar-refractivity contribution < 1.29 is 0 Å². The van der Waals surface area contributed by atoms with Crippen molar-refractivity contribution in [3.8, 4) is 22.4 Å². The Morgan fingerprint density at radius 1 is 0.469 bits per heavy atom. The number of benzene rings is 6. The largest absolute Gasteiger partial charge is 0.308 e. The van der Waals surface area contributed by atoms with Gasteiger partial charge in [0.25, 0.3) is 0 Å². The summed E-state index contributed by atoms with van der Waals surface area (Å²) in [5, 5.41) is 7.26. The molecule has 0 spiro atoms. The van der Waals surface area contributed by atoms with E-state index in [2.05, 4.69) is 163 Å². The molecule has 3 heterocycles. The van der Waals surface area contributed by atoms with Crippen LogP contribution in [0.5, 0.6) is 0 Å². The van der Waals surface area contributed by atoms with Gasteiger partial charge in [0.15, 0.2) is 0 Å². The second kappa shape index (κ2) is 11.6. The van der Waals surface area contributed by atoms with Crippen LogP contribution >= 0.6 is 12.1 Å². The molecule has 0 bridgehead atoms. The number of pyridine rings is 1. The highest BCUT2D eigenvalue weighted by atomic mass is 32.4. The first-order chi connectivity index (χ1) is 23.9. The lowest BCUT2D eigenvalue weighted by molar-refractivity contribution is 1.30. The van der Waals surface area contributed by atoms with E-state index in [1.54, 1.807) is 0 Å². The maximum Gasteiger partial charge on any atom is 0.0702 e. The van der Waals surface area contributed by atoms with Gasteiger partial charge in [-0.25, -0.2) is 0 Å². The fraction of sp³-hybridized carbons (Fsp3) is 0.0465. The molecule has 2 aliphatic rings. The lowest BCUT2D eigenvalue weighted by Crippen LogP contribution is -2.46. The van der Waals surface area contributed by atoms with E-state index in [1.807, 2.05) is 18.3 Å². The van der Waals surface area contributed by atoms with E-state index >= 15 is 0 Å². The summed E-state index contributed by atoms with van der Waals surface area (Å²) in [6.07, 6.45) is 1.85. The highest BCUT2D eigenvalue weighted by Crippen LogP contribution is 2.61. The molecule has 6 heteroatoms. The maximum atomic E-state index is 7.15. The smallest absolute Gasteiger partial charge is 0.0702 e. The van der Waals surface area contributed by atoms with Gasteiger partial charge in [0.05, 0.1) is 22.8 Å². The molecule has 7 aromatic rings. The molecule has 2 nitrogen and oxygen atoms in total. The van der Waals surface area contributed by atoms with Crippen LogP contribution in [0.3, 0.4) is 0 Å². The number of aryl methyl sites for hydroxylation is 2. The summed E-state index contributed by atoms with van der Waals surface area (Å²) in [7, 11) is 0. The Labute approximate surface area is 298 Å². The monoisotopic (exact) mass is 702 g/mol. The van der Waals surface area contributed by atoms with E-state index in [4.69, 9.17) is 23.6 Å². The van der Waals surface area contributed by atoms with Crippen molar-refractivity contribution in [3.63, 3.8) is 0 Å². The molecule has 0 saturated heterocycles. The predicted molar refractivity (Wildman–Crippen MR) is 219 cm³/mol. The van der Waals surface area contributed by atoms with Gasteiger partial charge in [-0.3, -0.25) is 4.98 Å². The SMILES string of the molecule is Cc1ccc2c(c1)P(=S)(c1ccccc1)c1cc(-c3cccc(-c4ccccn4)c3)cc3c1N2c1ccc(C)cc1P3(=S)c1ccccc1. The van der Waals surface area contributed by atoms with Gasteiger partial charge in [-0.1, -0.05) is 132 Å². The Kier molecular flexibility index (Phi) is 7.24. The molecule has 0 amide bonds. The molecule has 0 aliphatic carbocycles. The predicted octanol–water partition coefficient (Wildman–Crippen LogP) is 8.64. The topological polar surface area (TPSA) is 16.1 Å². The molecule has 2 unspecified atom stereocenters. The third kappa shape index (κ3) is 4.63. The van der Waals surface area contributed by atoms with Crippen LogP contribution in [-0.4, -0.2) is 4.98 Å². The van der Waals surface area contributed by atoms with Crippen LogP contribution in [0.4, 0.5) is 17.1 Å². The molecular weight excluding hydrogens is 671 g/mol. The number of hydrogen-bond donors (Lipinski definition) is 0. The summed E-state index contributed by atoms with van der Waals surface area (Å²) < 4.78 is 0. The number of aromatic nitrogens is 1. The van der Waals surface area contributed by atoms with Gasteiger partial charge in [-0.05, 0) is 90.2 Å². The quantitative estimate of drug-likeness (QED) is 0.171. The van der Waals surface area contributed by atoms with Gasteiger partial charge in [0.2, 0.25) is 0 Å².